The maximum absolute atomic E-state index is 11.9. The zero-order valence-electron chi connectivity index (χ0n) is 10.8. The van der Waals surface area contributed by atoms with Gasteiger partial charge in [0.2, 0.25) is 5.91 Å². The minimum atomic E-state index is -0.0893. The highest BCUT2D eigenvalue weighted by atomic mass is 79.9. The number of amides is 1. The molecule has 1 N–H and O–H groups in total. The number of nitrogens with one attached hydrogen (secondary N) is 1. The van der Waals surface area contributed by atoms with Gasteiger partial charge in [0.25, 0.3) is 0 Å². The van der Waals surface area contributed by atoms with Crippen LogP contribution in [0.25, 0.3) is 0 Å². The lowest BCUT2D eigenvalue weighted by molar-refractivity contribution is -0.115. The fourth-order valence-electron chi connectivity index (χ4n) is 1.71. The van der Waals surface area contributed by atoms with Crippen molar-refractivity contribution in [2.75, 3.05) is 12.4 Å². The molecular weight excluding hydrogens is 342 g/mol. The number of anilines is 1. The summed E-state index contributed by atoms with van der Waals surface area (Å²) in [6.45, 7) is 0. The third-order valence-corrected chi connectivity index (χ3v) is 3.96. The number of carbonyl (C=O) groups excluding carboxylic acids is 1. The predicted molar refractivity (Wildman–Crippen MR) is 84.5 cm³/mol. The van der Waals surface area contributed by atoms with Gasteiger partial charge in [-0.15, -0.1) is 0 Å². The van der Waals surface area contributed by atoms with Crippen LogP contribution in [0.2, 0.25) is 5.02 Å². The molecule has 2 aromatic rings. The van der Waals surface area contributed by atoms with E-state index in [0.717, 1.165) is 15.8 Å². The van der Waals surface area contributed by atoms with Gasteiger partial charge in [-0.1, -0.05) is 23.7 Å². The monoisotopic (exact) mass is 353 g/mol. The van der Waals surface area contributed by atoms with Gasteiger partial charge in [-0.3, -0.25) is 4.79 Å². The highest BCUT2D eigenvalue weighted by molar-refractivity contribution is 9.10. The summed E-state index contributed by atoms with van der Waals surface area (Å²) in [4.78, 5) is 11.9. The molecule has 1 amide bonds. The topological polar surface area (TPSA) is 38.3 Å². The number of ether oxygens (including phenoxy) is 1. The van der Waals surface area contributed by atoms with Gasteiger partial charge in [-0.2, -0.15) is 0 Å². The zero-order chi connectivity index (χ0) is 14.5. The van der Waals surface area contributed by atoms with Gasteiger partial charge in [-0.25, -0.2) is 0 Å². The van der Waals surface area contributed by atoms with E-state index in [1.807, 2.05) is 24.3 Å². The molecule has 0 saturated heterocycles. The average Bonchev–Trinajstić information content (AvgIpc) is 2.44. The SMILES string of the molecule is COc1ccc(CC(=O)Nc2ccc(Br)c(Cl)c2)cc1. The second kappa shape index (κ2) is 6.77. The first-order valence-electron chi connectivity index (χ1n) is 5.96. The van der Waals surface area contributed by atoms with Crippen LogP contribution in [0.1, 0.15) is 5.56 Å². The van der Waals surface area contributed by atoms with Crippen molar-refractivity contribution in [3.05, 3.63) is 57.5 Å². The fraction of sp³-hybridized carbons (Fsp3) is 0.133. The van der Waals surface area contributed by atoms with Gasteiger partial charge in [-0.05, 0) is 51.8 Å². The molecular formula is C15H13BrClNO2. The molecule has 0 spiro atoms. The highest BCUT2D eigenvalue weighted by Crippen LogP contribution is 2.25. The smallest absolute Gasteiger partial charge is 0.228 e. The quantitative estimate of drug-likeness (QED) is 0.889. The molecule has 0 bridgehead atoms. The lowest BCUT2D eigenvalue weighted by Crippen LogP contribution is -2.14. The molecule has 3 nitrogen and oxygen atoms in total. The molecule has 20 heavy (non-hydrogen) atoms. The number of methoxy groups -OCH3 is 1. The summed E-state index contributed by atoms with van der Waals surface area (Å²) in [5.41, 5.74) is 1.60. The first-order valence-corrected chi connectivity index (χ1v) is 7.13. The molecule has 0 aliphatic rings. The Bertz CT molecular complexity index is 614. The Labute approximate surface area is 131 Å². The van der Waals surface area contributed by atoms with E-state index in [4.69, 9.17) is 16.3 Å². The standard InChI is InChI=1S/C15H13BrClNO2/c1-20-12-5-2-10(3-6-12)8-15(19)18-11-4-7-13(16)14(17)9-11/h2-7,9H,8H2,1H3,(H,18,19). The van der Waals surface area contributed by atoms with Gasteiger partial charge >= 0.3 is 0 Å². The van der Waals surface area contributed by atoms with Crippen molar-refractivity contribution in [3.63, 3.8) is 0 Å². The van der Waals surface area contributed by atoms with E-state index in [1.54, 1.807) is 25.3 Å². The lowest BCUT2D eigenvalue weighted by atomic mass is 10.1. The van der Waals surface area contributed by atoms with Crippen LogP contribution in [-0.2, 0) is 11.2 Å². The van der Waals surface area contributed by atoms with Crippen molar-refractivity contribution in [3.8, 4) is 5.75 Å². The maximum atomic E-state index is 11.9. The molecule has 0 unspecified atom stereocenters. The first kappa shape index (κ1) is 14.9. The van der Waals surface area contributed by atoms with Crippen molar-refractivity contribution < 1.29 is 9.53 Å². The Morgan fingerprint density at radius 1 is 1.25 bits per heavy atom. The molecule has 5 heteroatoms. The number of rotatable bonds is 4. The first-order chi connectivity index (χ1) is 9.58. The van der Waals surface area contributed by atoms with Crippen molar-refractivity contribution in [1.82, 2.24) is 0 Å². The number of hydrogen-bond acceptors (Lipinski definition) is 2. The van der Waals surface area contributed by atoms with E-state index in [-0.39, 0.29) is 5.91 Å². The zero-order valence-corrected chi connectivity index (χ0v) is 13.2. The molecule has 2 rings (SSSR count). The van der Waals surface area contributed by atoms with Crippen molar-refractivity contribution in [2.24, 2.45) is 0 Å². The van der Waals surface area contributed by atoms with Crippen LogP contribution in [0, 0.1) is 0 Å². The summed E-state index contributed by atoms with van der Waals surface area (Å²) in [6, 6.07) is 12.7. The summed E-state index contributed by atoms with van der Waals surface area (Å²) in [6.07, 6.45) is 0.303. The van der Waals surface area contributed by atoms with Crippen LogP contribution < -0.4 is 10.1 Å². The molecule has 2 aromatic carbocycles. The Hall–Kier alpha value is -1.52. The Morgan fingerprint density at radius 3 is 2.55 bits per heavy atom. The number of hydrogen-bond donors (Lipinski definition) is 1. The maximum Gasteiger partial charge on any atom is 0.228 e. The van der Waals surface area contributed by atoms with E-state index in [2.05, 4.69) is 21.2 Å². The van der Waals surface area contributed by atoms with Crippen LogP contribution in [0.5, 0.6) is 5.75 Å². The second-order valence-corrected chi connectivity index (χ2v) is 5.46. The highest BCUT2D eigenvalue weighted by Gasteiger charge is 2.06. The van der Waals surface area contributed by atoms with E-state index in [9.17, 15) is 4.79 Å². The largest absolute Gasteiger partial charge is 0.497 e. The summed E-state index contributed by atoms with van der Waals surface area (Å²) < 4.78 is 5.87. The third kappa shape index (κ3) is 3.99. The summed E-state index contributed by atoms with van der Waals surface area (Å²) in [5, 5.41) is 3.37. The molecule has 0 atom stereocenters. The van der Waals surface area contributed by atoms with Gasteiger partial charge in [0.1, 0.15) is 5.75 Å². The van der Waals surface area contributed by atoms with Crippen molar-refractivity contribution >= 4 is 39.1 Å². The summed E-state index contributed by atoms with van der Waals surface area (Å²) in [7, 11) is 1.61. The van der Waals surface area contributed by atoms with Crippen LogP contribution in [-0.4, -0.2) is 13.0 Å². The number of carbonyl (C=O) groups is 1. The van der Waals surface area contributed by atoms with Crippen LogP contribution in [0.15, 0.2) is 46.9 Å². The molecule has 104 valence electrons. The Morgan fingerprint density at radius 2 is 1.95 bits per heavy atom. The van der Waals surface area contributed by atoms with Crippen LogP contribution in [0.4, 0.5) is 5.69 Å². The number of benzene rings is 2. The van der Waals surface area contributed by atoms with Gasteiger partial charge in [0, 0.05) is 10.2 Å². The Balaban J connectivity index is 1.99. The minimum Gasteiger partial charge on any atom is -0.497 e. The summed E-state index contributed by atoms with van der Waals surface area (Å²) in [5.74, 6) is 0.683. The van der Waals surface area contributed by atoms with E-state index in [1.165, 1.54) is 0 Å². The molecule has 0 saturated carbocycles. The van der Waals surface area contributed by atoms with Crippen molar-refractivity contribution in [1.29, 1.82) is 0 Å². The molecule has 0 heterocycles. The molecule has 0 aliphatic heterocycles. The molecule has 0 aliphatic carbocycles. The molecule has 0 aromatic heterocycles. The molecule has 0 radical (unpaired) electrons. The van der Waals surface area contributed by atoms with E-state index < -0.39 is 0 Å². The lowest BCUT2D eigenvalue weighted by Gasteiger charge is -2.07. The van der Waals surface area contributed by atoms with Crippen LogP contribution in [0.3, 0.4) is 0 Å². The van der Waals surface area contributed by atoms with Gasteiger partial charge in [0.05, 0.1) is 18.6 Å². The molecule has 0 fully saturated rings. The summed E-state index contributed by atoms with van der Waals surface area (Å²) >= 11 is 9.29. The normalized spacial score (nSPS) is 10.2. The van der Waals surface area contributed by atoms with Gasteiger partial charge < -0.3 is 10.1 Å². The fourth-order valence-corrected chi connectivity index (χ4v) is 2.14. The van der Waals surface area contributed by atoms with Crippen molar-refractivity contribution in [2.45, 2.75) is 6.42 Å². The number of halogens is 2. The average molecular weight is 355 g/mol. The van der Waals surface area contributed by atoms with Crippen LogP contribution >= 0.6 is 27.5 Å². The van der Waals surface area contributed by atoms with E-state index in [0.29, 0.717) is 17.1 Å². The predicted octanol–water partition coefficient (Wildman–Crippen LogP) is 4.29. The Kier molecular flexibility index (Phi) is 5.04. The third-order valence-electron chi connectivity index (χ3n) is 2.73. The van der Waals surface area contributed by atoms with Gasteiger partial charge in [0.15, 0.2) is 0 Å². The van der Waals surface area contributed by atoms with E-state index >= 15 is 0 Å². The minimum absolute atomic E-state index is 0.0893. The second-order valence-electron chi connectivity index (χ2n) is 4.20.